The highest BCUT2D eigenvalue weighted by atomic mass is 16.2. The second kappa shape index (κ2) is 5.36. The summed E-state index contributed by atoms with van der Waals surface area (Å²) in [5.74, 6) is -0.0386. The molecule has 1 amide bonds. The molecule has 0 fully saturated rings. The molecule has 0 aromatic heterocycles. The first kappa shape index (κ1) is 11.5. The number of carbonyl (C=O) groups excluding carboxylic acids is 1. The molecular formula is C11H17N3O. The highest BCUT2D eigenvalue weighted by Gasteiger charge is 2.12. The Bertz CT molecular complexity index is 338. The summed E-state index contributed by atoms with van der Waals surface area (Å²) >= 11 is 0. The Morgan fingerprint density at radius 2 is 2.13 bits per heavy atom. The Hall–Kier alpha value is -1.55. The molecule has 4 heteroatoms. The van der Waals surface area contributed by atoms with Gasteiger partial charge in [-0.2, -0.15) is 0 Å². The number of nitrogens with two attached hydrogens (primary N) is 1. The van der Waals surface area contributed by atoms with Gasteiger partial charge in [0.15, 0.2) is 0 Å². The Labute approximate surface area is 90.1 Å². The molecule has 1 aromatic rings. The lowest BCUT2D eigenvalue weighted by Gasteiger charge is -2.17. The molecule has 0 unspecified atom stereocenters. The highest BCUT2D eigenvalue weighted by Crippen LogP contribution is 2.12. The van der Waals surface area contributed by atoms with E-state index in [4.69, 9.17) is 5.73 Å². The molecule has 0 saturated heterocycles. The minimum absolute atomic E-state index is 0.0386. The zero-order valence-corrected chi connectivity index (χ0v) is 9.16. The van der Waals surface area contributed by atoms with Gasteiger partial charge in [-0.15, -0.1) is 0 Å². The minimum Gasteiger partial charge on any atom is -0.398 e. The zero-order chi connectivity index (χ0) is 11.3. The summed E-state index contributed by atoms with van der Waals surface area (Å²) in [6.45, 7) is 1.44. The number of nitrogen functional groups attached to an aromatic ring is 1. The van der Waals surface area contributed by atoms with Crippen molar-refractivity contribution in [3.63, 3.8) is 0 Å². The van der Waals surface area contributed by atoms with Crippen LogP contribution in [0.5, 0.6) is 0 Å². The summed E-state index contributed by atoms with van der Waals surface area (Å²) in [4.78, 5) is 13.5. The van der Waals surface area contributed by atoms with E-state index in [1.807, 2.05) is 19.2 Å². The van der Waals surface area contributed by atoms with Crippen LogP contribution in [0.2, 0.25) is 0 Å². The van der Waals surface area contributed by atoms with Gasteiger partial charge in [0.25, 0.3) is 5.91 Å². The van der Waals surface area contributed by atoms with Gasteiger partial charge in [-0.1, -0.05) is 12.1 Å². The standard InChI is InChI=1S/C11H17N3O/c1-13-7-8-14(2)11(15)9-5-3-4-6-10(9)12/h3-6,13H,7-8,12H2,1-2H3. The summed E-state index contributed by atoms with van der Waals surface area (Å²) in [7, 11) is 3.63. The fourth-order valence-corrected chi connectivity index (χ4v) is 1.28. The van der Waals surface area contributed by atoms with Crippen molar-refractivity contribution in [2.75, 3.05) is 32.9 Å². The Kier molecular flexibility index (Phi) is 4.12. The zero-order valence-electron chi connectivity index (χ0n) is 9.16. The van der Waals surface area contributed by atoms with E-state index in [-0.39, 0.29) is 5.91 Å². The van der Waals surface area contributed by atoms with Gasteiger partial charge >= 0.3 is 0 Å². The summed E-state index contributed by atoms with van der Waals surface area (Å²) < 4.78 is 0. The van der Waals surface area contributed by atoms with Crippen LogP contribution < -0.4 is 11.1 Å². The highest BCUT2D eigenvalue weighted by molar-refractivity contribution is 5.98. The first-order valence-corrected chi connectivity index (χ1v) is 4.91. The van der Waals surface area contributed by atoms with E-state index in [1.165, 1.54) is 0 Å². The normalized spacial score (nSPS) is 10.0. The molecule has 0 heterocycles. The number of para-hydroxylation sites is 1. The van der Waals surface area contributed by atoms with Crippen molar-refractivity contribution < 1.29 is 4.79 Å². The van der Waals surface area contributed by atoms with Crippen LogP contribution in [0.15, 0.2) is 24.3 Å². The maximum absolute atomic E-state index is 11.9. The van der Waals surface area contributed by atoms with E-state index < -0.39 is 0 Å². The molecule has 3 N–H and O–H groups in total. The predicted molar refractivity (Wildman–Crippen MR) is 61.7 cm³/mol. The molecule has 82 valence electrons. The van der Waals surface area contributed by atoms with Gasteiger partial charge in [0.2, 0.25) is 0 Å². The van der Waals surface area contributed by atoms with Crippen molar-refractivity contribution >= 4 is 11.6 Å². The van der Waals surface area contributed by atoms with Gasteiger partial charge in [-0.3, -0.25) is 4.79 Å². The topological polar surface area (TPSA) is 58.4 Å². The molecule has 0 aliphatic rings. The quantitative estimate of drug-likeness (QED) is 0.709. The number of rotatable bonds is 4. The first-order chi connectivity index (χ1) is 7.16. The van der Waals surface area contributed by atoms with Crippen LogP contribution in [-0.2, 0) is 0 Å². The van der Waals surface area contributed by atoms with Crippen LogP contribution >= 0.6 is 0 Å². The number of nitrogens with zero attached hydrogens (tertiary/aromatic N) is 1. The summed E-state index contributed by atoms with van der Waals surface area (Å²) in [5.41, 5.74) is 6.82. The van der Waals surface area contributed by atoms with Crippen LogP contribution in [0.3, 0.4) is 0 Å². The molecule has 0 saturated carbocycles. The van der Waals surface area contributed by atoms with Crippen molar-refractivity contribution in [1.82, 2.24) is 10.2 Å². The summed E-state index contributed by atoms with van der Waals surface area (Å²) in [6, 6.07) is 7.11. The van der Waals surface area contributed by atoms with E-state index in [0.717, 1.165) is 6.54 Å². The van der Waals surface area contributed by atoms with Crippen molar-refractivity contribution in [3.05, 3.63) is 29.8 Å². The number of likely N-dealkylation sites (N-methyl/N-ethyl adjacent to an activating group) is 2. The number of amides is 1. The number of nitrogens with one attached hydrogen (secondary N) is 1. The average molecular weight is 207 g/mol. The lowest BCUT2D eigenvalue weighted by molar-refractivity contribution is 0.0798. The largest absolute Gasteiger partial charge is 0.398 e. The predicted octanol–water partition coefficient (Wildman–Crippen LogP) is 0.560. The maximum Gasteiger partial charge on any atom is 0.255 e. The van der Waals surface area contributed by atoms with Crippen molar-refractivity contribution in [2.24, 2.45) is 0 Å². The third kappa shape index (κ3) is 2.95. The fraction of sp³-hybridized carbons (Fsp3) is 0.364. The average Bonchev–Trinajstić information content (AvgIpc) is 2.25. The molecule has 0 spiro atoms. The molecule has 0 aliphatic carbocycles. The van der Waals surface area contributed by atoms with Gasteiger partial charge < -0.3 is 16.0 Å². The SMILES string of the molecule is CNCCN(C)C(=O)c1ccccc1N. The lowest BCUT2D eigenvalue weighted by atomic mass is 10.1. The van der Waals surface area contributed by atoms with Gasteiger partial charge in [-0.05, 0) is 19.2 Å². The van der Waals surface area contributed by atoms with Crippen molar-refractivity contribution in [1.29, 1.82) is 0 Å². The Morgan fingerprint density at radius 1 is 1.47 bits per heavy atom. The van der Waals surface area contributed by atoms with E-state index in [0.29, 0.717) is 17.8 Å². The second-order valence-corrected chi connectivity index (χ2v) is 3.42. The molecular weight excluding hydrogens is 190 g/mol. The number of hydrogen-bond acceptors (Lipinski definition) is 3. The summed E-state index contributed by atoms with van der Waals surface area (Å²) in [6.07, 6.45) is 0. The molecule has 0 bridgehead atoms. The van der Waals surface area contributed by atoms with Gasteiger partial charge in [0.1, 0.15) is 0 Å². The van der Waals surface area contributed by atoms with Crippen molar-refractivity contribution in [3.8, 4) is 0 Å². The third-order valence-electron chi connectivity index (χ3n) is 2.24. The number of hydrogen-bond donors (Lipinski definition) is 2. The van der Waals surface area contributed by atoms with E-state index in [1.54, 1.807) is 24.1 Å². The molecule has 0 atom stereocenters. The van der Waals surface area contributed by atoms with Crippen LogP contribution in [0.1, 0.15) is 10.4 Å². The molecule has 4 nitrogen and oxygen atoms in total. The minimum atomic E-state index is -0.0386. The van der Waals surface area contributed by atoms with E-state index in [2.05, 4.69) is 5.32 Å². The van der Waals surface area contributed by atoms with Crippen LogP contribution in [0, 0.1) is 0 Å². The number of carbonyl (C=O) groups is 1. The molecule has 1 aromatic carbocycles. The van der Waals surface area contributed by atoms with Crippen LogP contribution in [0.4, 0.5) is 5.69 Å². The molecule has 0 radical (unpaired) electrons. The first-order valence-electron chi connectivity index (χ1n) is 4.91. The molecule has 0 aliphatic heterocycles. The third-order valence-corrected chi connectivity index (χ3v) is 2.24. The van der Waals surface area contributed by atoms with Crippen molar-refractivity contribution in [2.45, 2.75) is 0 Å². The van der Waals surface area contributed by atoms with E-state index in [9.17, 15) is 4.79 Å². The fourth-order valence-electron chi connectivity index (χ4n) is 1.28. The van der Waals surface area contributed by atoms with Gasteiger partial charge in [-0.25, -0.2) is 0 Å². The summed E-state index contributed by atoms with van der Waals surface area (Å²) in [5, 5.41) is 2.99. The Balaban J connectivity index is 2.72. The Morgan fingerprint density at radius 3 is 2.73 bits per heavy atom. The maximum atomic E-state index is 11.9. The van der Waals surface area contributed by atoms with Gasteiger partial charge in [0.05, 0.1) is 5.56 Å². The number of benzene rings is 1. The number of anilines is 1. The lowest BCUT2D eigenvalue weighted by Crippen LogP contribution is -2.33. The van der Waals surface area contributed by atoms with Crippen LogP contribution in [0.25, 0.3) is 0 Å². The molecule has 15 heavy (non-hydrogen) atoms. The molecule has 1 rings (SSSR count). The van der Waals surface area contributed by atoms with E-state index >= 15 is 0 Å². The van der Waals surface area contributed by atoms with Gasteiger partial charge in [0, 0.05) is 25.8 Å². The second-order valence-electron chi connectivity index (χ2n) is 3.42. The monoisotopic (exact) mass is 207 g/mol. The van der Waals surface area contributed by atoms with Crippen LogP contribution in [-0.4, -0.2) is 38.0 Å². The smallest absolute Gasteiger partial charge is 0.255 e.